The molecule has 98 valence electrons. The van der Waals surface area contributed by atoms with Crippen LogP contribution in [0.5, 0.6) is 0 Å². The first-order valence-corrected chi connectivity index (χ1v) is 7.40. The van der Waals surface area contributed by atoms with E-state index in [-0.39, 0.29) is 5.82 Å². The van der Waals surface area contributed by atoms with Crippen molar-refractivity contribution in [2.45, 2.75) is 38.9 Å². The van der Waals surface area contributed by atoms with Crippen LogP contribution in [0.3, 0.4) is 0 Å². The molecule has 0 aliphatic carbocycles. The Bertz CT molecular complexity index is 501. The van der Waals surface area contributed by atoms with Gasteiger partial charge >= 0.3 is 0 Å². The fourth-order valence-corrected chi connectivity index (χ4v) is 2.07. The van der Waals surface area contributed by atoms with Crippen molar-refractivity contribution in [3.63, 3.8) is 0 Å². The minimum Gasteiger partial charge on any atom is -0.381 e. The highest BCUT2D eigenvalue weighted by Crippen LogP contribution is 2.35. The molecule has 0 saturated heterocycles. The lowest BCUT2D eigenvalue weighted by molar-refractivity contribution is 0.353. The number of sulfone groups is 1. The summed E-state index contributed by atoms with van der Waals surface area (Å²) in [6, 6.07) is 0. The van der Waals surface area contributed by atoms with E-state index in [0.717, 1.165) is 0 Å². The van der Waals surface area contributed by atoms with Crippen LogP contribution >= 0.6 is 0 Å². The van der Waals surface area contributed by atoms with Gasteiger partial charge in [-0.2, -0.15) is 0 Å². The van der Waals surface area contributed by atoms with E-state index >= 15 is 0 Å². The fourth-order valence-electron chi connectivity index (χ4n) is 1.57. The average molecular weight is 260 g/mol. The van der Waals surface area contributed by atoms with Crippen LogP contribution in [0.4, 0.5) is 5.82 Å². The summed E-state index contributed by atoms with van der Waals surface area (Å²) in [6.07, 6.45) is 1.84. The van der Waals surface area contributed by atoms with Crippen LogP contribution in [-0.4, -0.2) is 19.8 Å². The lowest BCUT2D eigenvalue weighted by Gasteiger charge is -2.20. The molecule has 0 spiro atoms. The molecule has 1 aromatic heterocycles. The summed E-state index contributed by atoms with van der Waals surface area (Å²) >= 11 is 0. The summed E-state index contributed by atoms with van der Waals surface area (Å²) in [5, 5.41) is 3.69. The van der Waals surface area contributed by atoms with Crippen LogP contribution in [0.2, 0.25) is 0 Å². The maximum absolute atomic E-state index is 11.8. The molecule has 0 atom stereocenters. The molecule has 0 amide bonds. The van der Waals surface area contributed by atoms with Crippen LogP contribution < -0.4 is 5.73 Å². The number of rotatable bonds is 4. The van der Waals surface area contributed by atoms with E-state index in [9.17, 15) is 8.42 Å². The summed E-state index contributed by atoms with van der Waals surface area (Å²) in [4.78, 5) is 0. The highest BCUT2D eigenvalue weighted by molar-refractivity contribution is 7.91. The second-order valence-corrected chi connectivity index (χ2v) is 7.82. The van der Waals surface area contributed by atoms with Crippen LogP contribution in [0, 0.1) is 5.92 Å². The highest BCUT2D eigenvalue weighted by Gasteiger charge is 2.39. The largest absolute Gasteiger partial charge is 0.381 e. The van der Waals surface area contributed by atoms with Gasteiger partial charge < -0.3 is 10.3 Å². The van der Waals surface area contributed by atoms with Crippen LogP contribution in [0.15, 0.2) is 4.52 Å². The van der Waals surface area contributed by atoms with E-state index < -0.39 is 14.6 Å². The normalized spacial score (nSPS) is 13.3. The summed E-state index contributed by atoms with van der Waals surface area (Å²) in [7, 11) is -3.29. The average Bonchev–Trinajstić information content (AvgIpc) is 2.45. The monoisotopic (exact) mass is 260 g/mol. The van der Waals surface area contributed by atoms with Gasteiger partial charge in [0.1, 0.15) is 4.75 Å². The third kappa shape index (κ3) is 2.62. The van der Waals surface area contributed by atoms with E-state index in [2.05, 4.69) is 5.16 Å². The van der Waals surface area contributed by atoms with Crippen molar-refractivity contribution in [3.8, 4) is 0 Å². The third-order valence-corrected chi connectivity index (χ3v) is 4.94. The number of hydrogen-bond acceptors (Lipinski definition) is 5. The summed E-state index contributed by atoms with van der Waals surface area (Å²) in [6.45, 7) is 7.27. The predicted octanol–water partition coefficient (Wildman–Crippen LogP) is 1.74. The Morgan fingerprint density at radius 2 is 1.94 bits per heavy atom. The zero-order valence-corrected chi connectivity index (χ0v) is 11.8. The maximum atomic E-state index is 11.8. The molecular weight excluding hydrogens is 240 g/mol. The maximum Gasteiger partial charge on any atom is 0.170 e. The first kappa shape index (κ1) is 14.0. The van der Waals surface area contributed by atoms with Gasteiger partial charge in [-0.15, -0.1) is 0 Å². The Kier molecular flexibility index (Phi) is 3.57. The molecule has 1 aromatic rings. The molecule has 0 unspecified atom stereocenters. The Morgan fingerprint density at radius 1 is 1.41 bits per heavy atom. The van der Waals surface area contributed by atoms with Crippen LogP contribution in [0.25, 0.3) is 0 Å². The van der Waals surface area contributed by atoms with Crippen molar-refractivity contribution in [2.75, 3.05) is 12.0 Å². The molecule has 0 radical (unpaired) electrons. The van der Waals surface area contributed by atoms with Crippen molar-refractivity contribution in [3.05, 3.63) is 11.3 Å². The molecule has 1 heterocycles. The van der Waals surface area contributed by atoms with Gasteiger partial charge in [-0.1, -0.05) is 19.0 Å². The molecule has 1 rings (SSSR count). The number of hydrogen-bond donors (Lipinski definition) is 1. The van der Waals surface area contributed by atoms with E-state index in [1.165, 1.54) is 6.26 Å². The number of aromatic nitrogens is 1. The Labute approximate surface area is 102 Å². The molecule has 0 fully saturated rings. The van der Waals surface area contributed by atoms with Crippen molar-refractivity contribution >= 4 is 15.7 Å². The standard InChI is InChI=1S/C11H20N2O3S/c1-7(2)6-8-9(16-13-10(8)12)11(3,4)17(5,14)15/h7H,6H2,1-5H3,(H2,12,13). The molecule has 2 N–H and O–H groups in total. The Morgan fingerprint density at radius 3 is 2.35 bits per heavy atom. The van der Waals surface area contributed by atoms with Gasteiger partial charge in [0.2, 0.25) is 0 Å². The highest BCUT2D eigenvalue weighted by atomic mass is 32.2. The number of nitrogens with zero attached hydrogens (tertiary/aromatic N) is 1. The Hall–Kier alpha value is -1.04. The number of anilines is 1. The summed E-state index contributed by atoms with van der Waals surface area (Å²) < 4.78 is 27.6. The second-order valence-electron chi connectivity index (χ2n) is 5.26. The second kappa shape index (κ2) is 4.33. The van der Waals surface area contributed by atoms with Gasteiger partial charge in [-0.3, -0.25) is 0 Å². The van der Waals surface area contributed by atoms with Crippen molar-refractivity contribution in [1.29, 1.82) is 0 Å². The van der Waals surface area contributed by atoms with Gasteiger partial charge in [0, 0.05) is 11.8 Å². The van der Waals surface area contributed by atoms with Gasteiger partial charge in [0.25, 0.3) is 0 Å². The van der Waals surface area contributed by atoms with Crippen molar-refractivity contribution in [2.24, 2.45) is 5.92 Å². The molecule has 5 nitrogen and oxygen atoms in total. The quantitative estimate of drug-likeness (QED) is 0.891. The fraction of sp³-hybridized carbons (Fsp3) is 0.727. The molecule has 0 saturated carbocycles. The van der Waals surface area contributed by atoms with Gasteiger partial charge in [-0.05, 0) is 26.2 Å². The number of nitrogen functional groups attached to an aromatic ring is 1. The molecule has 0 aliphatic rings. The molecule has 17 heavy (non-hydrogen) atoms. The van der Waals surface area contributed by atoms with Gasteiger partial charge in [0.05, 0.1) is 0 Å². The molecule has 0 bridgehead atoms. The minimum absolute atomic E-state index is 0.283. The van der Waals surface area contributed by atoms with Crippen molar-refractivity contribution in [1.82, 2.24) is 5.16 Å². The summed E-state index contributed by atoms with van der Waals surface area (Å²) in [5.74, 6) is 0.988. The third-order valence-electron chi connectivity index (χ3n) is 2.90. The molecule has 0 aliphatic heterocycles. The van der Waals surface area contributed by atoms with E-state index in [0.29, 0.717) is 23.7 Å². The predicted molar refractivity (Wildman–Crippen MR) is 67.3 cm³/mol. The van der Waals surface area contributed by atoms with E-state index in [1.807, 2.05) is 13.8 Å². The zero-order valence-electron chi connectivity index (χ0n) is 10.9. The van der Waals surface area contributed by atoms with Crippen LogP contribution in [-0.2, 0) is 21.0 Å². The van der Waals surface area contributed by atoms with Crippen LogP contribution in [0.1, 0.15) is 39.0 Å². The lowest BCUT2D eigenvalue weighted by Crippen LogP contribution is -2.29. The minimum atomic E-state index is -3.29. The first-order valence-electron chi connectivity index (χ1n) is 5.51. The van der Waals surface area contributed by atoms with E-state index in [4.69, 9.17) is 10.3 Å². The Balaban J connectivity index is 3.33. The molecular formula is C11H20N2O3S. The lowest BCUT2D eigenvalue weighted by atomic mass is 9.98. The van der Waals surface area contributed by atoms with Crippen molar-refractivity contribution < 1.29 is 12.9 Å². The number of nitrogens with two attached hydrogens (primary N) is 1. The summed E-state index contributed by atoms with van der Waals surface area (Å²) in [5.41, 5.74) is 6.43. The topological polar surface area (TPSA) is 86.2 Å². The molecule has 0 aromatic carbocycles. The SMILES string of the molecule is CC(C)Cc1c(N)noc1C(C)(C)S(C)(=O)=O. The molecule has 6 heteroatoms. The van der Waals surface area contributed by atoms with Gasteiger partial charge in [-0.25, -0.2) is 8.42 Å². The first-order chi connectivity index (χ1) is 7.57. The zero-order chi connectivity index (χ0) is 13.4. The van der Waals surface area contributed by atoms with E-state index in [1.54, 1.807) is 13.8 Å². The van der Waals surface area contributed by atoms with Gasteiger partial charge in [0.15, 0.2) is 21.4 Å². The smallest absolute Gasteiger partial charge is 0.170 e.